The third kappa shape index (κ3) is 3.33. The van der Waals surface area contributed by atoms with Gasteiger partial charge in [-0.1, -0.05) is 0 Å². The van der Waals surface area contributed by atoms with E-state index in [1.54, 1.807) is 35.3 Å². The molecule has 22 heavy (non-hydrogen) atoms. The number of sulfone groups is 1. The number of nitrogens with zero attached hydrogens (tertiary/aromatic N) is 3. The third-order valence-corrected chi connectivity index (χ3v) is 5.53. The lowest BCUT2D eigenvalue weighted by Gasteiger charge is -2.10. The molecule has 1 aromatic carbocycles. The van der Waals surface area contributed by atoms with E-state index in [1.165, 1.54) is 6.33 Å². The smallest absolute Gasteiger partial charge is 0.251 e. The fourth-order valence-electron chi connectivity index (χ4n) is 2.48. The molecule has 3 rings (SSSR count). The molecule has 1 aromatic heterocycles. The molecule has 2 aromatic rings. The van der Waals surface area contributed by atoms with Crippen molar-refractivity contribution in [2.45, 2.75) is 6.42 Å². The Balaban J connectivity index is 1.59. The molecule has 0 aliphatic carbocycles. The number of hydrogen-bond acceptors (Lipinski definition) is 5. The van der Waals surface area contributed by atoms with Gasteiger partial charge in [-0.15, -0.1) is 0 Å². The fraction of sp³-hybridized carbons (Fsp3) is 0.357. The number of carbonyl (C=O) groups excluding carboxylic acids is 1. The minimum atomic E-state index is -2.91. The zero-order valence-corrected chi connectivity index (χ0v) is 12.7. The van der Waals surface area contributed by atoms with Gasteiger partial charge in [0.05, 0.1) is 17.2 Å². The highest BCUT2D eigenvalue weighted by molar-refractivity contribution is 7.91. The van der Waals surface area contributed by atoms with Gasteiger partial charge in [-0.05, 0) is 36.6 Å². The number of amides is 1. The van der Waals surface area contributed by atoms with E-state index in [2.05, 4.69) is 15.4 Å². The van der Waals surface area contributed by atoms with Crippen LogP contribution in [-0.4, -0.2) is 47.1 Å². The Morgan fingerprint density at radius 2 is 2.09 bits per heavy atom. The molecule has 1 atom stereocenters. The second kappa shape index (κ2) is 5.88. The van der Waals surface area contributed by atoms with Gasteiger partial charge in [-0.2, -0.15) is 5.10 Å². The zero-order valence-electron chi connectivity index (χ0n) is 11.8. The van der Waals surface area contributed by atoms with Crippen LogP contribution in [0.15, 0.2) is 36.9 Å². The summed E-state index contributed by atoms with van der Waals surface area (Å²) in [6, 6.07) is 6.97. The van der Waals surface area contributed by atoms with E-state index in [4.69, 9.17) is 0 Å². The van der Waals surface area contributed by atoms with Gasteiger partial charge in [0, 0.05) is 12.1 Å². The average Bonchev–Trinajstić information content (AvgIpc) is 3.14. The maximum atomic E-state index is 12.1. The number of nitrogens with one attached hydrogen (secondary N) is 1. The summed E-state index contributed by atoms with van der Waals surface area (Å²) >= 11 is 0. The molecule has 1 N–H and O–H groups in total. The van der Waals surface area contributed by atoms with Crippen LogP contribution < -0.4 is 5.32 Å². The van der Waals surface area contributed by atoms with Gasteiger partial charge in [0.1, 0.15) is 12.7 Å². The maximum absolute atomic E-state index is 12.1. The third-order valence-electron chi connectivity index (χ3n) is 3.69. The number of rotatable bonds is 4. The Morgan fingerprint density at radius 1 is 1.32 bits per heavy atom. The molecule has 8 heteroatoms. The molecule has 0 spiro atoms. The summed E-state index contributed by atoms with van der Waals surface area (Å²) in [5.74, 6) is 0.205. The summed E-state index contributed by atoms with van der Waals surface area (Å²) in [5, 5.41) is 6.81. The SMILES string of the molecule is O=C(NC[C@H]1CCS(=O)(=O)C1)c1ccc(-n2cncn2)cc1. The number of aromatic nitrogens is 3. The van der Waals surface area contributed by atoms with Gasteiger partial charge in [0.2, 0.25) is 0 Å². The predicted molar refractivity (Wildman–Crippen MR) is 80.5 cm³/mol. The summed E-state index contributed by atoms with van der Waals surface area (Å²) in [6.07, 6.45) is 3.64. The lowest BCUT2D eigenvalue weighted by molar-refractivity contribution is 0.0948. The summed E-state index contributed by atoms with van der Waals surface area (Å²) in [4.78, 5) is 15.9. The summed E-state index contributed by atoms with van der Waals surface area (Å²) in [7, 11) is -2.91. The van der Waals surface area contributed by atoms with Crippen molar-refractivity contribution < 1.29 is 13.2 Å². The predicted octanol–water partition coefficient (Wildman–Crippen LogP) is 0.432. The Bertz CT molecular complexity index is 754. The standard InChI is InChI=1S/C14H16N4O3S/c19-14(16-7-11-5-6-22(20,21)8-11)12-1-3-13(4-2-12)18-10-15-9-17-18/h1-4,9-11H,5-8H2,(H,16,19)/t11-/m1/s1. The first-order valence-electron chi connectivity index (χ1n) is 6.97. The molecule has 1 aliphatic rings. The quantitative estimate of drug-likeness (QED) is 0.882. The van der Waals surface area contributed by atoms with Crippen LogP contribution in [0.1, 0.15) is 16.8 Å². The molecule has 1 saturated heterocycles. The lowest BCUT2D eigenvalue weighted by atomic mass is 10.1. The van der Waals surface area contributed by atoms with Crippen molar-refractivity contribution in [3.05, 3.63) is 42.5 Å². The van der Waals surface area contributed by atoms with Crippen LogP contribution in [0.2, 0.25) is 0 Å². The Kier molecular flexibility index (Phi) is 3.93. The first kappa shape index (κ1) is 14.7. The van der Waals surface area contributed by atoms with Crippen LogP contribution in [0, 0.1) is 5.92 Å². The van der Waals surface area contributed by atoms with Gasteiger partial charge >= 0.3 is 0 Å². The molecular formula is C14H16N4O3S. The van der Waals surface area contributed by atoms with Crippen LogP contribution in [0.25, 0.3) is 5.69 Å². The molecule has 116 valence electrons. The van der Waals surface area contributed by atoms with Crippen LogP contribution in [0.5, 0.6) is 0 Å². The molecule has 1 amide bonds. The van der Waals surface area contributed by atoms with Gasteiger partial charge in [-0.25, -0.2) is 18.1 Å². The van der Waals surface area contributed by atoms with Gasteiger partial charge in [0.15, 0.2) is 9.84 Å². The van der Waals surface area contributed by atoms with Gasteiger partial charge < -0.3 is 5.32 Å². The van der Waals surface area contributed by atoms with E-state index in [-0.39, 0.29) is 23.3 Å². The molecule has 0 radical (unpaired) electrons. The maximum Gasteiger partial charge on any atom is 0.251 e. The van der Waals surface area contributed by atoms with Crippen molar-refractivity contribution in [2.24, 2.45) is 5.92 Å². The van der Waals surface area contributed by atoms with Crippen LogP contribution in [0.3, 0.4) is 0 Å². The normalized spacial score (nSPS) is 19.9. The highest BCUT2D eigenvalue weighted by Gasteiger charge is 2.27. The molecule has 0 bridgehead atoms. The summed E-state index contributed by atoms with van der Waals surface area (Å²) in [6.45, 7) is 0.392. The number of hydrogen-bond donors (Lipinski definition) is 1. The van der Waals surface area contributed by atoms with Crippen molar-refractivity contribution in [3.8, 4) is 5.69 Å². The van der Waals surface area contributed by atoms with E-state index in [0.29, 0.717) is 18.5 Å². The van der Waals surface area contributed by atoms with Crippen molar-refractivity contribution in [3.63, 3.8) is 0 Å². The fourth-order valence-corrected chi connectivity index (χ4v) is 4.34. The largest absolute Gasteiger partial charge is 0.352 e. The van der Waals surface area contributed by atoms with E-state index in [0.717, 1.165) is 5.69 Å². The van der Waals surface area contributed by atoms with E-state index < -0.39 is 9.84 Å². The first-order chi connectivity index (χ1) is 10.5. The second-order valence-electron chi connectivity index (χ2n) is 5.37. The van der Waals surface area contributed by atoms with Crippen molar-refractivity contribution in [1.29, 1.82) is 0 Å². The summed E-state index contributed by atoms with van der Waals surface area (Å²) in [5.41, 5.74) is 1.35. The van der Waals surface area contributed by atoms with Crippen molar-refractivity contribution >= 4 is 15.7 Å². The first-order valence-corrected chi connectivity index (χ1v) is 8.79. The molecule has 1 fully saturated rings. The monoisotopic (exact) mass is 320 g/mol. The number of benzene rings is 1. The van der Waals surface area contributed by atoms with Gasteiger partial charge in [0.25, 0.3) is 5.91 Å². The van der Waals surface area contributed by atoms with E-state index >= 15 is 0 Å². The molecule has 1 aliphatic heterocycles. The Labute approximate surface area is 128 Å². The van der Waals surface area contributed by atoms with Crippen molar-refractivity contribution in [2.75, 3.05) is 18.1 Å². The summed E-state index contributed by atoms with van der Waals surface area (Å²) < 4.78 is 24.4. The average molecular weight is 320 g/mol. The Hall–Kier alpha value is -2.22. The zero-order chi connectivity index (χ0) is 15.6. The molecule has 0 unspecified atom stereocenters. The minimum absolute atomic E-state index is 0.0170. The molecule has 7 nitrogen and oxygen atoms in total. The second-order valence-corrected chi connectivity index (χ2v) is 7.59. The number of carbonyl (C=O) groups is 1. The van der Waals surface area contributed by atoms with Crippen molar-refractivity contribution in [1.82, 2.24) is 20.1 Å². The molecule has 2 heterocycles. The Morgan fingerprint density at radius 3 is 2.68 bits per heavy atom. The van der Waals surface area contributed by atoms with Crippen LogP contribution >= 0.6 is 0 Å². The van der Waals surface area contributed by atoms with E-state index in [1.807, 2.05) is 0 Å². The topological polar surface area (TPSA) is 94.0 Å². The highest BCUT2D eigenvalue weighted by atomic mass is 32.2. The minimum Gasteiger partial charge on any atom is -0.352 e. The van der Waals surface area contributed by atoms with Crippen LogP contribution in [0.4, 0.5) is 0 Å². The van der Waals surface area contributed by atoms with E-state index in [9.17, 15) is 13.2 Å². The van der Waals surface area contributed by atoms with Gasteiger partial charge in [-0.3, -0.25) is 4.79 Å². The molecule has 0 saturated carbocycles. The van der Waals surface area contributed by atoms with Crippen LogP contribution in [-0.2, 0) is 9.84 Å². The molecular weight excluding hydrogens is 304 g/mol. The highest BCUT2D eigenvalue weighted by Crippen LogP contribution is 2.17. The lowest BCUT2D eigenvalue weighted by Crippen LogP contribution is -2.29.